The average Bonchev–Trinajstić information content (AvgIpc) is 2.59. The van der Waals surface area contributed by atoms with E-state index >= 15 is 0 Å². The minimum Gasteiger partial charge on any atom is -0.481 e. The van der Waals surface area contributed by atoms with E-state index in [-0.39, 0.29) is 12.0 Å². The molecule has 0 saturated carbocycles. The molecule has 0 bridgehead atoms. The van der Waals surface area contributed by atoms with Gasteiger partial charge >= 0.3 is 0 Å². The van der Waals surface area contributed by atoms with Crippen LogP contribution < -0.4 is 10.2 Å². The van der Waals surface area contributed by atoms with E-state index in [9.17, 15) is 4.79 Å². The van der Waals surface area contributed by atoms with Crippen LogP contribution >= 0.6 is 0 Å². The summed E-state index contributed by atoms with van der Waals surface area (Å²) in [4.78, 5) is 21.7. The number of hydrogen-bond donors (Lipinski definition) is 1. The number of rotatable bonds is 4. The molecule has 116 valence electrons. The van der Waals surface area contributed by atoms with Gasteiger partial charge < -0.3 is 9.47 Å². The third-order valence-electron chi connectivity index (χ3n) is 3.55. The number of methoxy groups -OCH3 is 1. The normalized spacial score (nSPS) is 18.1. The molecule has 0 radical (unpaired) electrons. The number of pyridine rings is 1. The quantitative estimate of drug-likeness (QED) is 0.878. The van der Waals surface area contributed by atoms with Crippen LogP contribution in [0.1, 0.15) is 29.8 Å². The van der Waals surface area contributed by atoms with E-state index in [1.54, 1.807) is 6.07 Å². The summed E-state index contributed by atoms with van der Waals surface area (Å²) in [5.74, 6) is -0.00427. The maximum atomic E-state index is 12.2. The third kappa shape index (κ3) is 3.18. The highest BCUT2D eigenvalue weighted by Gasteiger charge is 2.18. The van der Waals surface area contributed by atoms with Crippen LogP contribution in [0, 0.1) is 0 Å². The number of benzene rings is 1. The molecule has 1 aliphatic rings. The maximum Gasteiger partial charge on any atom is 0.293 e. The van der Waals surface area contributed by atoms with E-state index < -0.39 is 5.91 Å². The topological polar surface area (TPSA) is 69.7 Å². The van der Waals surface area contributed by atoms with Crippen molar-refractivity contribution in [3.63, 3.8) is 0 Å². The molecule has 1 saturated heterocycles. The lowest BCUT2D eigenvalue weighted by Crippen LogP contribution is -2.33. The van der Waals surface area contributed by atoms with Gasteiger partial charge in [-0.2, -0.15) is 0 Å². The lowest BCUT2D eigenvalue weighted by Gasteiger charge is -2.22. The number of nitrogens with one attached hydrogen (secondary N) is 1. The van der Waals surface area contributed by atoms with Crippen LogP contribution in [-0.4, -0.2) is 30.9 Å². The number of carbonyl (C=O) groups excluding carboxylic acids is 1. The molecule has 6 heteroatoms. The number of aromatic nitrogens is 1. The highest BCUT2D eigenvalue weighted by atomic mass is 16.8. The zero-order chi connectivity index (χ0) is 15.4. The molecule has 1 aromatic carbocycles. The second kappa shape index (κ2) is 6.72. The Morgan fingerprint density at radius 2 is 2.23 bits per heavy atom. The van der Waals surface area contributed by atoms with Gasteiger partial charge in [0.25, 0.3) is 5.91 Å². The summed E-state index contributed by atoms with van der Waals surface area (Å²) < 4.78 is 10.7. The number of ether oxygens (including phenoxy) is 2. The maximum absolute atomic E-state index is 12.2. The molecule has 1 aliphatic heterocycles. The number of nitrogens with zero attached hydrogens (tertiary/aromatic N) is 1. The van der Waals surface area contributed by atoms with Gasteiger partial charge in [0.2, 0.25) is 5.88 Å². The van der Waals surface area contributed by atoms with Crippen molar-refractivity contribution in [3.8, 4) is 5.88 Å². The standard InChI is InChI=1S/C16H18N2O4/c1-20-16-12-7-3-2-6-11(12)10-13(17-16)15(19)18-22-14-8-4-5-9-21-14/h2-3,6-7,10,14H,4-5,8-9H2,1H3,(H,18,19)/t14-/m0/s1. The molecule has 0 unspecified atom stereocenters. The second-order valence-electron chi connectivity index (χ2n) is 5.08. The van der Waals surface area contributed by atoms with Crippen molar-refractivity contribution >= 4 is 16.7 Å². The molecule has 22 heavy (non-hydrogen) atoms. The summed E-state index contributed by atoms with van der Waals surface area (Å²) in [5.41, 5.74) is 2.64. The van der Waals surface area contributed by atoms with Gasteiger partial charge in [0, 0.05) is 18.4 Å². The smallest absolute Gasteiger partial charge is 0.293 e. The average molecular weight is 302 g/mol. The third-order valence-corrected chi connectivity index (χ3v) is 3.55. The molecule has 1 N–H and O–H groups in total. The van der Waals surface area contributed by atoms with Crippen molar-refractivity contribution in [2.45, 2.75) is 25.6 Å². The molecule has 6 nitrogen and oxygen atoms in total. The number of carbonyl (C=O) groups is 1. The summed E-state index contributed by atoms with van der Waals surface area (Å²) in [6, 6.07) is 9.31. The monoisotopic (exact) mass is 302 g/mol. The SMILES string of the molecule is COc1nc(C(=O)NO[C@H]2CCCCO2)cc2ccccc12. The largest absolute Gasteiger partial charge is 0.481 e. The summed E-state index contributed by atoms with van der Waals surface area (Å²) >= 11 is 0. The first-order valence-electron chi connectivity index (χ1n) is 7.29. The molecule has 1 aromatic heterocycles. The molecule has 3 rings (SSSR count). The number of amides is 1. The zero-order valence-electron chi connectivity index (χ0n) is 12.4. The first-order chi connectivity index (χ1) is 10.8. The van der Waals surface area contributed by atoms with E-state index in [2.05, 4.69) is 10.5 Å². The number of hydroxylamine groups is 1. The van der Waals surface area contributed by atoms with Crippen molar-refractivity contribution in [3.05, 3.63) is 36.0 Å². The molecule has 1 amide bonds. The van der Waals surface area contributed by atoms with Gasteiger partial charge in [0.1, 0.15) is 5.69 Å². The lowest BCUT2D eigenvalue weighted by atomic mass is 10.1. The van der Waals surface area contributed by atoms with Crippen LogP contribution in [0.25, 0.3) is 10.8 Å². The Balaban J connectivity index is 1.75. The Morgan fingerprint density at radius 1 is 1.36 bits per heavy atom. The molecule has 0 spiro atoms. The molecule has 1 fully saturated rings. The molecule has 1 atom stereocenters. The van der Waals surface area contributed by atoms with E-state index in [1.807, 2.05) is 24.3 Å². The van der Waals surface area contributed by atoms with Crippen molar-refractivity contribution < 1.29 is 19.1 Å². The van der Waals surface area contributed by atoms with Gasteiger partial charge in [-0.1, -0.05) is 18.2 Å². The molecule has 2 aromatic rings. The highest BCUT2D eigenvalue weighted by molar-refractivity contribution is 5.97. The predicted octanol–water partition coefficient (Wildman–Crippen LogP) is 2.43. The lowest BCUT2D eigenvalue weighted by molar-refractivity contribution is -0.186. The fraction of sp³-hybridized carbons (Fsp3) is 0.375. The Bertz CT molecular complexity index is 668. The van der Waals surface area contributed by atoms with Crippen LogP contribution in [0.15, 0.2) is 30.3 Å². The molecule has 0 aliphatic carbocycles. The molecule has 2 heterocycles. The van der Waals surface area contributed by atoms with E-state index in [0.29, 0.717) is 12.5 Å². The van der Waals surface area contributed by atoms with Gasteiger partial charge in [0.15, 0.2) is 6.29 Å². The summed E-state index contributed by atoms with van der Waals surface area (Å²) in [6.07, 6.45) is 2.44. The summed E-state index contributed by atoms with van der Waals surface area (Å²) in [7, 11) is 1.53. The first-order valence-corrected chi connectivity index (χ1v) is 7.29. The second-order valence-corrected chi connectivity index (χ2v) is 5.08. The van der Waals surface area contributed by atoms with Crippen molar-refractivity contribution in [2.24, 2.45) is 0 Å². The van der Waals surface area contributed by atoms with Crippen molar-refractivity contribution in [2.75, 3.05) is 13.7 Å². The van der Waals surface area contributed by atoms with Gasteiger partial charge in [-0.05, 0) is 30.4 Å². The minimum atomic E-state index is -0.418. The number of fused-ring (bicyclic) bond motifs is 1. The van der Waals surface area contributed by atoms with Gasteiger partial charge in [-0.15, -0.1) is 0 Å². The fourth-order valence-corrected chi connectivity index (χ4v) is 2.41. The van der Waals surface area contributed by atoms with Crippen molar-refractivity contribution in [1.29, 1.82) is 0 Å². The van der Waals surface area contributed by atoms with Crippen LogP contribution in [0.3, 0.4) is 0 Å². The van der Waals surface area contributed by atoms with Crippen LogP contribution in [0.5, 0.6) is 5.88 Å². The van der Waals surface area contributed by atoms with Gasteiger partial charge in [-0.3, -0.25) is 4.79 Å². The summed E-state index contributed by atoms with van der Waals surface area (Å²) in [6.45, 7) is 0.655. The van der Waals surface area contributed by atoms with Crippen LogP contribution in [0.2, 0.25) is 0 Å². The summed E-state index contributed by atoms with van der Waals surface area (Å²) in [5, 5.41) is 1.74. The van der Waals surface area contributed by atoms with E-state index in [4.69, 9.17) is 14.3 Å². The Labute approximate surface area is 128 Å². The highest BCUT2D eigenvalue weighted by Crippen LogP contribution is 2.24. The first kappa shape index (κ1) is 14.7. The fourth-order valence-electron chi connectivity index (χ4n) is 2.41. The zero-order valence-corrected chi connectivity index (χ0v) is 12.4. The van der Waals surface area contributed by atoms with Crippen LogP contribution in [-0.2, 0) is 9.57 Å². The number of hydrogen-bond acceptors (Lipinski definition) is 5. The van der Waals surface area contributed by atoms with Gasteiger partial charge in [0.05, 0.1) is 7.11 Å². The Kier molecular flexibility index (Phi) is 4.50. The van der Waals surface area contributed by atoms with Crippen LogP contribution in [0.4, 0.5) is 0 Å². The van der Waals surface area contributed by atoms with E-state index in [1.165, 1.54) is 7.11 Å². The minimum absolute atomic E-state index is 0.242. The van der Waals surface area contributed by atoms with Gasteiger partial charge in [-0.25, -0.2) is 15.3 Å². The van der Waals surface area contributed by atoms with Crippen molar-refractivity contribution in [1.82, 2.24) is 10.5 Å². The Morgan fingerprint density at radius 3 is 3.00 bits per heavy atom. The predicted molar refractivity (Wildman–Crippen MR) is 80.4 cm³/mol. The van der Waals surface area contributed by atoms with E-state index in [0.717, 1.165) is 30.0 Å². The Hall–Kier alpha value is -2.18. The molecular formula is C16H18N2O4. The molecular weight excluding hydrogens is 284 g/mol.